The number of methoxy groups -OCH3 is 1. The van der Waals surface area contributed by atoms with E-state index in [4.69, 9.17) is 5.73 Å². The summed E-state index contributed by atoms with van der Waals surface area (Å²) in [6.07, 6.45) is 0. The zero-order valence-corrected chi connectivity index (χ0v) is 8.55. The number of nitrogens with two attached hydrogens (primary N) is 1. The summed E-state index contributed by atoms with van der Waals surface area (Å²) in [5.74, 6) is -1.69. The summed E-state index contributed by atoms with van der Waals surface area (Å²) in [6.45, 7) is 0.980. The molecule has 0 heterocycles. The molecule has 1 aromatic rings. The maximum atomic E-state index is 13.4. The summed E-state index contributed by atoms with van der Waals surface area (Å²) in [5.41, 5.74) is 3.07. The van der Waals surface area contributed by atoms with Crippen molar-refractivity contribution in [3.63, 3.8) is 0 Å². The fourth-order valence-corrected chi connectivity index (χ4v) is 1.28. The van der Waals surface area contributed by atoms with Crippen LogP contribution < -0.4 is 10.5 Å². The first-order chi connectivity index (χ1) is 6.92. The molecule has 0 aromatic heterocycles. The number of benzene rings is 1. The number of hydrogen-bond acceptors (Lipinski definition) is 3. The Bertz CT molecular complexity index is 343. The third kappa shape index (κ3) is 2.24. The molecule has 5 heteroatoms. The van der Waals surface area contributed by atoms with Crippen molar-refractivity contribution in [2.75, 3.05) is 13.7 Å². The average molecular weight is 217 g/mol. The van der Waals surface area contributed by atoms with Gasteiger partial charge in [-0.05, 0) is 6.92 Å². The standard InChI is InChI=1S/C10H13F2NO2/c1-10(14,5-13)9-7(11)3-6(15-2)4-8(9)12/h3-4,14H,5,13H2,1-2H3. The fourth-order valence-electron chi connectivity index (χ4n) is 1.28. The molecule has 0 spiro atoms. The number of ether oxygens (including phenoxy) is 1. The molecule has 0 aliphatic carbocycles. The van der Waals surface area contributed by atoms with Crippen LogP contribution in [0.25, 0.3) is 0 Å². The van der Waals surface area contributed by atoms with Crippen LogP contribution in [-0.2, 0) is 5.60 Å². The van der Waals surface area contributed by atoms with Crippen LogP contribution in [0.5, 0.6) is 5.75 Å². The predicted molar refractivity (Wildman–Crippen MR) is 51.5 cm³/mol. The first-order valence-corrected chi connectivity index (χ1v) is 4.38. The van der Waals surface area contributed by atoms with Gasteiger partial charge in [-0.25, -0.2) is 8.78 Å². The van der Waals surface area contributed by atoms with Gasteiger partial charge in [0, 0.05) is 18.7 Å². The van der Waals surface area contributed by atoms with Crippen LogP contribution in [0.15, 0.2) is 12.1 Å². The highest BCUT2D eigenvalue weighted by molar-refractivity contribution is 5.34. The molecule has 0 saturated heterocycles. The maximum Gasteiger partial charge on any atom is 0.135 e. The van der Waals surface area contributed by atoms with E-state index in [1.54, 1.807) is 0 Å². The van der Waals surface area contributed by atoms with Crippen LogP contribution in [0.4, 0.5) is 8.78 Å². The van der Waals surface area contributed by atoms with Gasteiger partial charge in [0.25, 0.3) is 0 Å². The second kappa shape index (κ2) is 4.12. The van der Waals surface area contributed by atoms with Crippen LogP contribution in [0.2, 0.25) is 0 Å². The summed E-state index contributed by atoms with van der Waals surface area (Å²) < 4.78 is 31.6. The van der Waals surface area contributed by atoms with Gasteiger partial charge in [0.05, 0.1) is 12.7 Å². The summed E-state index contributed by atoms with van der Waals surface area (Å²) in [4.78, 5) is 0. The Morgan fingerprint density at radius 3 is 2.20 bits per heavy atom. The molecule has 1 aromatic carbocycles. The van der Waals surface area contributed by atoms with Gasteiger partial charge in [-0.3, -0.25) is 0 Å². The molecule has 0 aliphatic rings. The first kappa shape index (κ1) is 11.9. The fraction of sp³-hybridized carbons (Fsp3) is 0.400. The number of rotatable bonds is 3. The van der Waals surface area contributed by atoms with Gasteiger partial charge in [-0.1, -0.05) is 0 Å². The van der Waals surface area contributed by atoms with E-state index in [2.05, 4.69) is 4.74 Å². The molecular weight excluding hydrogens is 204 g/mol. The van der Waals surface area contributed by atoms with Gasteiger partial charge in [0.2, 0.25) is 0 Å². The Balaban J connectivity index is 3.31. The van der Waals surface area contributed by atoms with Crippen molar-refractivity contribution in [3.8, 4) is 5.75 Å². The molecule has 1 unspecified atom stereocenters. The summed E-state index contributed by atoms with van der Waals surface area (Å²) in [6, 6.07) is 2.01. The topological polar surface area (TPSA) is 55.5 Å². The third-order valence-corrected chi connectivity index (χ3v) is 2.19. The zero-order chi connectivity index (χ0) is 11.6. The average Bonchev–Trinajstić information content (AvgIpc) is 2.16. The molecule has 0 fully saturated rings. The lowest BCUT2D eigenvalue weighted by Crippen LogP contribution is -2.33. The predicted octanol–water partition coefficient (Wildman–Crippen LogP) is 1.14. The van der Waals surface area contributed by atoms with Crippen LogP contribution in [0.1, 0.15) is 12.5 Å². The van der Waals surface area contributed by atoms with Gasteiger partial charge in [0.15, 0.2) is 0 Å². The Kier molecular flexibility index (Phi) is 3.26. The van der Waals surface area contributed by atoms with E-state index in [0.717, 1.165) is 12.1 Å². The van der Waals surface area contributed by atoms with E-state index in [1.807, 2.05) is 0 Å². The lowest BCUT2D eigenvalue weighted by molar-refractivity contribution is 0.0586. The molecule has 0 saturated carbocycles. The minimum absolute atomic E-state index is 0.0570. The Morgan fingerprint density at radius 1 is 1.40 bits per heavy atom. The largest absolute Gasteiger partial charge is 0.497 e. The first-order valence-electron chi connectivity index (χ1n) is 4.38. The van der Waals surface area contributed by atoms with Gasteiger partial charge in [-0.2, -0.15) is 0 Å². The molecule has 3 N–H and O–H groups in total. The maximum absolute atomic E-state index is 13.4. The number of aliphatic hydroxyl groups is 1. The summed E-state index contributed by atoms with van der Waals surface area (Å²) in [5, 5.41) is 9.67. The van der Waals surface area contributed by atoms with Crippen molar-refractivity contribution in [2.45, 2.75) is 12.5 Å². The number of hydrogen-bond donors (Lipinski definition) is 2. The van der Waals surface area contributed by atoms with E-state index in [1.165, 1.54) is 14.0 Å². The molecule has 15 heavy (non-hydrogen) atoms. The molecule has 84 valence electrons. The van der Waals surface area contributed by atoms with Gasteiger partial charge in [-0.15, -0.1) is 0 Å². The minimum Gasteiger partial charge on any atom is -0.497 e. The van der Waals surface area contributed by atoms with Crippen molar-refractivity contribution < 1.29 is 18.6 Å². The lowest BCUT2D eigenvalue weighted by atomic mass is 9.95. The molecule has 1 atom stereocenters. The van der Waals surface area contributed by atoms with E-state index in [0.29, 0.717) is 0 Å². The molecule has 0 bridgehead atoms. The van der Waals surface area contributed by atoms with E-state index >= 15 is 0 Å². The van der Waals surface area contributed by atoms with Crippen molar-refractivity contribution in [1.29, 1.82) is 0 Å². The van der Waals surface area contributed by atoms with E-state index in [9.17, 15) is 13.9 Å². The van der Waals surface area contributed by atoms with Crippen LogP contribution in [0, 0.1) is 11.6 Å². The quantitative estimate of drug-likeness (QED) is 0.798. The SMILES string of the molecule is COc1cc(F)c(C(C)(O)CN)c(F)c1. The van der Waals surface area contributed by atoms with Crippen molar-refractivity contribution in [2.24, 2.45) is 5.73 Å². The summed E-state index contributed by atoms with van der Waals surface area (Å²) >= 11 is 0. The third-order valence-electron chi connectivity index (χ3n) is 2.19. The van der Waals surface area contributed by atoms with Crippen molar-refractivity contribution in [1.82, 2.24) is 0 Å². The highest BCUT2D eigenvalue weighted by Crippen LogP contribution is 2.28. The van der Waals surface area contributed by atoms with E-state index in [-0.39, 0.29) is 12.3 Å². The normalized spacial score (nSPS) is 14.8. The summed E-state index contributed by atoms with van der Waals surface area (Å²) in [7, 11) is 1.30. The van der Waals surface area contributed by atoms with Crippen molar-refractivity contribution >= 4 is 0 Å². The Hall–Kier alpha value is -1.20. The Labute approximate surface area is 86.5 Å². The molecule has 0 amide bonds. The van der Waals surface area contributed by atoms with Gasteiger partial charge < -0.3 is 15.6 Å². The molecule has 0 aliphatic heterocycles. The minimum atomic E-state index is -1.72. The second-order valence-corrected chi connectivity index (χ2v) is 3.44. The lowest BCUT2D eigenvalue weighted by Gasteiger charge is -2.23. The molecular formula is C10H13F2NO2. The highest BCUT2D eigenvalue weighted by atomic mass is 19.1. The monoisotopic (exact) mass is 217 g/mol. The molecule has 3 nitrogen and oxygen atoms in total. The van der Waals surface area contributed by atoms with E-state index < -0.39 is 22.8 Å². The molecule has 0 radical (unpaired) electrons. The second-order valence-electron chi connectivity index (χ2n) is 3.44. The van der Waals surface area contributed by atoms with Gasteiger partial charge in [0.1, 0.15) is 23.0 Å². The molecule has 1 rings (SSSR count). The zero-order valence-electron chi connectivity index (χ0n) is 8.55. The highest BCUT2D eigenvalue weighted by Gasteiger charge is 2.29. The Morgan fingerprint density at radius 2 is 1.87 bits per heavy atom. The van der Waals surface area contributed by atoms with Gasteiger partial charge >= 0.3 is 0 Å². The van der Waals surface area contributed by atoms with Crippen molar-refractivity contribution in [3.05, 3.63) is 29.3 Å². The number of halogens is 2. The van der Waals surface area contributed by atoms with Crippen LogP contribution in [-0.4, -0.2) is 18.8 Å². The smallest absolute Gasteiger partial charge is 0.135 e. The van der Waals surface area contributed by atoms with Crippen LogP contribution in [0.3, 0.4) is 0 Å². The van der Waals surface area contributed by atoms with Crippen LogP contribution >= 0.6 is 0 Å².